The molecule has 1 unspecified atom stereocenters. The van der Waals surface area contributed by atoms with E-state index in [-0.39, 0.29) is 0 Å². The van der Waals surface area contributed by atoms with Gasteiger partial charge in [-0.25, -0.2) is 0 Å². The lowest BCUT2D eigenvalue weighted by molar-refractivity contribution is -0.124. The number of carbonyl (C=O) groups is 1. The average molecular weight is 194 g/mol. The van der Waals surface area contributed by atoms with E-state index in [1.165, 1.54) is 51.4 Å². The lowest BCUT2D eigenvalue weighted by atomic mass is 9.88. The van der Waals surface area contributed by atoms with Crippen LogP contribution < -0.4 is 0 Å². The number of carbonyl (C=O) groups excluding carboxylic acids is 1. The Kier molecular flexibility index (Phi) is 3.61. The molecular formula is C13H22O. The number of hydrogen-bond acceptors (Lipinski definition) is 1. The van der Waals surface area contributed by atoms with E-state index >= 15 is 0 Å². The molecule has 0 aliphatic heterocycles. The van der Waals surface area contributed by atoms with E-state index in [1.54, 1.807) is 0 Å². The Bertz CT molecular complexity index is 193. The molecule has 0 heterocycles. The molecule has 1 heteroatoms. The maximum Gasteiger partial charge on any atom is 0.136 e. The fourth-order valence-corrected chi connectivity index (χ4v) is 2.71. The molecular weight excluding hydrogens is 172 g/mol. The highest BCUT2D eigenvalue weighted by molar-refractivity contribution is 5.81. The molecule has 2 aliphatic rings. The summed E-state index contributed by atoms with van der Waals surface area (Å²) in [5.74, 6) is 1.85. The van der Waals surface area contributed by atoms with Crippen LogP contribution >= 0.6 is 0 Å². The normalized spacial score (nSPS) is 31.4. The minimum atomic E-state index is 0.466. The van der Waals surface area contributed by atoms with Gasteiger partial charge in [-0.15, -0.1) is 0 Å². The summed E-state index contributed by atoms with van der Waals surface area (Å²) in [6, 6.07) is 0. The van der Waals surface area contributed by atoms with Crippen LogP contribution in [0.5, 0.6) is 0 Å². The van der Waals surface area contributed by atoms with Crippen LogP contribution in [-0.2, 0) is 4.79 Å². The van der Waals surface area contributed by atoms with E-state index in [4.69, 9.17) is 0 Å². The van der Waals surface area contributed by atoms with Gasteiger partial charge >= 0.3 is 0 Å². The standard InChI is InChI=1S/C13H22O/c14-13-8-6-4-2-1-3-5-7-12(13)11-9-10-11/h11-12H,1-10H2. The SMILES string of the molecule is O=C1CCCCCCCCC1C1CC1. The Labute approximate surface area is 87.3 Å². The first-order valence-corrected chi connectivity index (χ1v) is 6.40. The van der Waals surface area contributed by atoms with Gasteiger partial charge in [0, 0.05) is 12.3 Å². The van der Waals surface area contributed by atoms with Crippen molar-refractivity contribution in [2.24, 2.45) is 11.8 Å². The zero-order valence-electron chi connectivity index (χ0n) is 9.13. The van der Waals surface area contributed by atoms with Crippen LogP contribution in [0.2, 0.25) is 0 Å². The summed E-state index contributed by atoms with van der Waals surface area (Å²) in [5.41, 5.74) is 0. The Hall–Kier alpha value is -0.330. The second-order valence-electron chi connectivity index (χ2n) is 5.07. The highest BCUT2D eigenvalue weighted by Crippen LogP contribution is 2.40. The molecule has 2 saturated carbocycles. The lowest BCUT2D eigenvalue weighted by Crippen LogP contribution is -2.17. The third kappa shape index (κ3) is 2.83. The smallest absolute Gasteiger partial charge is 0.136 e. The highest BCUT2D eigenvalue weighted by Gasteiger charge is 2.34. The van der Waals surface area contributed by atoms with Crippen LogP contribution in [0.4, 0.5) is 0 Å². The topological polar surface area (TPSA) is 17.1 Å². The first-order chi connectivity index (χ1) is 6.88. The summed E-state index contributed by atoms with van der Waals surface area (Å²) in [6.45, 7) is 0. The number of ketones is 1. The maximum atomic E-state index is 11.9. The monoisotopic (exact) mass is 194 g/mol. The first kappa shape index (κ1) is 10.2. The molecule has 2 aliphatic carbocycles. The van der Waals surface area contributed by atoms with Crippen LogP contribution in [0.25, 0.3) is 0 Å². The summed E-state index contributed by atoms with van der Waals surface area (Å²) < 4.78 is 0. The molecule has 0 N–H and O–H groups in total. The maximum absolute atomic E-state index is 11.9. The van der Waals surface area contributed by atoms with Crippen LogP contribution in [0, 0.1) is 11.8 Å². The molecule has 0 saturated heterocycles. The van der Waals surface area contributed by atoms with Gasteiger partial charge in [-0.05, 0) is 31.6 Å². The van der Waals surface area contributed by atoms with Gasteiger partial charge in [-0.1, -0.05) is 32.1 Å². The molecule has 0 aromatic carbocycles. The lowest BCUT2D eigenvalue weighted by Gasteiger charge is -2.16. The van der Waals surface area contributed by atoms with Crippen molar-refractivity contribution in [3.8, 4) is 0 Å². The fourth-order valence-electron chi connectivity index (χ4n) is 2.71. The van der Waals surface area contributed by atoms with E-state index in [2.05, 4.69) is 0 Å². The van der Waals surface area contributed by atoms with Crippen molar-refractivity contribution in [3.05, 3.63) is 0 Å². The van der Waals surface area contributed by atoms with Gasteiger partial charge in [0.1, 0.15) is 5.78 Å². The Balaban J connectivity index is 1.86. The number of Topliss-reactive ketones (excluding diaryl/α,β-unsaturated/α-hetero) is 1. The predicted octanol–water partition coefficient (Wildman–Crippen LogP) is 3.72. The molecule has 0 aromatic rings. The second kappa shape index (κ2) is 4.95. The van der Waals surface area contributed by atoms with Gasteiger partial charge < -0.3 is 0 Å². The molecule has 2 rings (SSSR count). The van der Waals surface area contributed by atoms with Crippen LogP contribution in [0.15, 0.2) is 0 Å². The molecule has 1 atom stereocenters. The van der Waals surface area contributed by atoms with Crippen LogP contribution in [0.3, 0.4) is 0 Å². The minimum Gasteiger partial charge on any atom is -0.299 e. The van der Waals surface area contributed by atoms with Crippen molar-refractivity contribution in [1.82, 2.24) is 0 Å². The van der Waals surface area contributed by atoms with Gasteiger partial charge in [0.05, 0.1) is 0 Å². The molecule has 14 heavy (non-hydrogen) atoms. The van der Waals surface area contributed by atoms with Gasteiger partial charge in [-0.3, -0.25) is 4.79 Å². The third-order valence-electron chi connectivity index (χ3n) is 3.79. The zero-order chi connectivity index (χ0) is 9.80. The van der Waals surface area contributed by atoms with Gasteiger partial charge in [-0.2, -0.15) is 0 Å². The van der Waals surface area contributed by atoms with Crippen molar-refractivity contribution >= 4 is 5.78 Å². The van der Waals surface area contributed by atoms with Gasteiger partial charge in [0.15, 0.2) is 0 Å². The summed E-state index contributed by atoms with van der Waals surface area (Å²) >= 11 is 0. The molecule has 0 bridgehead atoms. The highest BCUT2D eigenvalue weighted by atomic mass is 16.1. The Morgan fingerprint density at radius 3 is 2.14 bits per heavy atom. The van der Waals surface area contributed by atoms with Crippen LogP contribution in [-0.4, -0.2) is 5.78 Å². The zero-order valence-corrected chi connectivity index (χ0v) is 9.13. The first-order valence-electron chi connectivity index (χ1n) is 6.40. The number of hydrogen-bond donors (Lipinski definition) is 0. The number of rotatable bonds is 1. The summed E-state index contributed by atoms with van der Waals surface area (Å²) in [4.78, 5) is 11.9. The van der Waals surface area contributed by atoms with Crippen molar-refractivity contribution in [3.63, 3.8) is 0 Å². The van der Waals surface area contributed by atoms with E-state index in [0.717, 1.165) is 18.8 Å². The Morgan fingerprint density at radius 2 is 1.43 bits per heavy atom. The molecule has 80 valence electrons. The molecule has 0 radical (unpaired) electrons. The molecule has 0 spiro atoms. The van der Waals surface area contributed by atoms with Crippen molar-refractivity contribution in [2.75, 3.05) is 0 Å². The predicted molar refractivity (Wildman–Crippen MR) is 58.2 cm³/mol. The molecule has 1 nitrogen and oxygen atoms in total. The second-order valence-corrected chi connectivity index (χ2v) is 5.07. The van der Waals surface area contributed by atoms with E-state index in [0.29, 0.717) is 11.7 Å². The van der Waals surface area contributed by atoms with Crippen molar-refractivity contribution in [2.45, 2.75) is 64.2 Å². The van der Waals surface area contributed by atoms with Crippen molar-refractivity contribution < 1.29 is 4.79 Å². The fraction of sp³-hybridized carbons (Fsp3) is 0.923. The molecule has 0 aromatic heterocycles. The minimum absolute atomic E-state index is 0.466. The average Bonchev–Trinajstić information content (AvgIpc) is 2.99. The third-order valence-corrected chi connectivity index (χ3v) is 3.79. The largest absolute Gasteiger partial charge is 0.299 e. The van der Waals surface area contributed by atoms with E-state index in [1.807, 2.05) is 0 Å². The molecule has 2 fully saturated rings. The van der Waals surface area contributed by atoms with Gasteiger partial charge in [0.25, 0.3) is 0 Å². The summed E-state index contributed by atoms with van der Waals surface area (Å²) in [6.07, 6.45) is 12.6. The van der Waals surface area contributed by atoms with E-state index < -0.39 is 0 Å². The summed E-state index contributed by atoms with van der Waals surface area (Å²) in [5, 5.41) is 0. The van der Waals surface area contributed by atoms with E-state index in [9.17, 15) is 4.79 Å². The quantitative estimate of drug-likeness (QED) is 0.622. The van der Waals surface area contributed by atoms with Crippen LogP contribution in [0.1, 0.15) is 64.2 Å². The summed E-state index contributed by atoms with van der Waals surface area (Å²) in [7, 11) is 0. The Morgan fingerprint density at radius 1 is 0.786 bits per heavy atom. The van der Waals surface area contributed by atoms with Gasteiger partial charge in [0.2, 0.25) is 0 Å². The molecule has 0 amide bonds. The van der Waals surface area contributed by atoms with Crippen molar-refractivity contribution in [1.29, 1.82) is 0 Å².